The number of aromatic nitrogens is 3. The number of benzene rings is 2. The van der Waals surface area contributed by atoms with Crippen LogP contribution in [0.3, 0.4) is 0 Å². The molecule has 0 atom stereocenters. The fraction of sp³-hybridized carbons (Fsp3) is 0.167. The van der Waals surface area contributed by atoms with Crippen LogP contribution in [0.1, 0.15) is 43.4 Å². The smallest absolute Gasteiger partial charge is 0.364 e. The number of primary amides is 1. The fourth-order valence-corrected chi connectivity index (χ4v) is 3.72. The van der Waals surface area contributed by atoms with Crippen molar-refractivity contribution in [1.82, 2.24) is 14.8 Å². The Bertz CT molecular complexity index is 1560. The van der Waals surface area contributed by atoms with E-state index in [-0.39, 0.29) is 34.3 Å². The van der Waals surface area contributed by atoms with Crippen LogP contribution in [0, 0.1) is 12.7 Å². The molecule has 0 unspecified atom stereocenters. The quantitative estimate of drug-likeness (QED) is 0.336. The van der Waals surface area contributed by atoms with E-state index in [0.29, 0.717) is 0 Å². The average molecular weight is 539 g/mol. The molecule has 4 aromatic rings. The summed E-state index contributed by atoms with van der Waals surface area (Å²) in [5, 5.41) is 5.72. The molecule has 0 spiro atoms. The fourth-order valence-electron chi connectivity index (χ4n) is 3.72. The minimum atomic E-state index is -5.01. The summed E-state index contributed by atoms with van der Waals surface area (Å²) in [5.41, 5.74) is 1.38. The predicted octanol–water partition coefficient (Wildman–Crippen LogP) is 5.32. The highest BCUT2D eigenvalue weighted by atomic mass is 19.4. The largest absolute Gasteiger partial charge is 0.437 e. The third kappa shape index (κ3) is 5.28. The van der Waals surface area contributed by atoms with Crippen molar-refractivity contribution >= 4 is 28.4 Å². The van der Waals surface area contributed by atoms with Gasteiger partial charge in [-0.2, -0.15) is 31.4 Å². The zero-order valence-electron chi connectivity index (χ0n) is 19.2. The number of anilines is 1. The lowest BCUT2D eigenvalue weighted by Crippen LogP contribution is -2.19. The van der Waals surface area contributed by atoms with Crippen molar-refractivity contribution in [2.45, 2.75) is 25.8 Å². The van der Waals surface area contributed by atoms with Crippen LogP contribution in [0.4, 0.5) is 36.4 Å². The molecule has 3 N–H and O–H groups in total. The van der Waals surface area contributed by atoms with Gasteiger partial charge in [-0.05, 0) is 42.8 Å². The number of alkyl halides is 6. The molecular formula is C24H16F7N5O2. The van der Waals surface area contributed by atoms with Gasteiger partial charge < -0.3 is 11.1 Å². The third-order valence-electron chi connectivity index (χ3n) is 5.60. The number of fused-ring (bicyclic) bond motifs is 1. The molecule has 0 saturated heterocycles. The van der Waals surface area contributed by atoms with Gasteiger partial charge in [0.2, 0.25) is 0 Å². The van der Waals surface area contributed by atoms with Crippen molar-refractivity contribution in [1.29, 1.82) is 0 Å². The first kappa shape index (κ1) is 26.6. The van der Waals surface area contributed by atoms with Gasteiger partial charge in [-0.1, -0.05) is 12.1 Å². The lowest BCUT2D eigenvalue weighted by molar-refractivity contribution is -0.141. The number of carbonyl (C=O) groups is 2. The van der Waals surface area contributed by atoms with Crippen molar-refractivity contribution in [3.05, 3.63) is 88.1 Å². The molecule has 2 aromatic carbocycles. The van der Waals surface area contributed by atoms with Gasteiger partial charge in [-0.25, -0.2) is 9.37 Å². The maximum atomic E-state index is 13.8. The number of hydrogen-bond donors (Lipinski definition) is 2. The number of hydrogen-bond acceptors (Lipinski definition) is 4. The zero-order valence-corrected chi connectivity index (χ0v) is 19.2. The Labute approximate surface area is 209 Å². The summed E-state index contributed by atoms with van der Waals surface area (Å²) in [5.74, 6) is -2.88. The van der Waals surface area contributed by atoms with Gasteiger partial charge in [-0.15, -0.1) is 0 Å². The van der Waals surface area contributed by atoms with E-state index < -0.39 is 52.6 Å². The second-order valence-electron chi connectivity index (χ2n) is 8.19. The van der Waals surface area contributed by atoms with Crippen LogP contribution in [-0.2, 0) is 18.9 Å². The van der Waals surface area contributed by atoms with Crippen molar-refractivity contribution in [3.63, 3.8) is 0 Å². The average Bonchev–Trinajstić information content (AvgIpc) is 3.13. The van der Waals surface area contributed by atoms with Gasteiger partial charge in [0.1, 0.15) is 11.5 Å². The van der Waals surface area contributed by atoms with E-state index in [2.05, 4.69) is 15.4 Å². The molecule has 4 rings (SSSR count). The first-order valence-corrected chi connectivity index (χ1v) is 10.7. The standard InChI is InChI=1S/C24H16F7N5O2/c1-11-19(34-22(38)16-9-18(21(32)37)33-17-8-14(25)6-7-15(16)17)20(24(29,30)31)35-36(11)10-12-2-4-13(5-3-12)23(26,27)28/h2-9H,10H2,1H3,(H2,32,37)(H,34,38). The summed E-state index contributed by atoms with van der Waals surface area (Å²) in [4.78, 5) is 28.7. The highest BCUT2D eigenvalue weighted by Gasteiger charge is 2.39. The summed E-state index contributed by atoms with van der Waals surface area (Å²) in [6.07, 6.45) is -9.60. The molecule has 7 nitrogen and oxygen atoms in total. The number of nitrogens with one attached hydrogen (secondary N) is 1. The van der Waals surface area contributed by atoms with E-state index in [9.17, 15) is 40.3 Å². The van der Waals surface area contributed by atoms with E-state index in [1.54, 1.807) is 0 Å². The Balaban J connectivity index is 1.74. The zero-order chi connectivity index (χ0) is 28.0. The Kier molecular flexibility index (Phi) is 6.59. The Morgan fingerprint density at radius 1 is 0.974 bits per heavy atom. The molecule has 0 saturated carbocycles. The SMILES string of the molecule is Cc1c(NC(=O)c2cc(C(N)=O)nc3cc(F)ccc23)c(C(F)(F)F)nn1Cc1ccc(C(F)(F)F)cc1. The summed E-state index contributed by atoms with van der Waals surface area (Å²) in [7, 11) is 0. The van der Waals surface area contributed by atoms with Crippen molar-refractivity contribution in [2.75, 3.05) is 5.32 Å². The molecule has 0 aliphatic heterocycles. The first-order chi connectivity index (χ1) is 17.6. The summed E-state index contributed by atoms with van der Waals surface area (Å²) < 4.78 is 94.5. The van der Waals surface area contributed by atoms with Crippen LogP contribution >= 0.6 is 0 Å². The first-order valence-electron chi connectivity index (χ1n) is 10.7. The van der Waals surface area contributed by atoms with Crippen LogP contribution in [-0.4, -0.2) is 26.6 Å². The topological polar surface area (TPSA) is 103 Å². The molecule has 2 heterocycles. The number of pyridine rings is 1. The van der Waals surface area contributed by atoms with E-state index in [1.165, 1.54) is 13.0 Å². The highest BCUT2D eigenvalue weighted by Crippen LogP contribution is 2.37. The van der Waals surface area contributed by atoms with Gasteiger partial charge in [-0.3, -0.25) is 14.3 Å². The van der Waals surface area contributed by atoms with Gasteiger partial charge in [0, 0.05) is 11.5 Å². The molecule has 0 fully saturated rings. The molecule has 198 valence electrons. The normalized spacial score (nSPS) is 12.1. The lowest BCUT2D eigenvalue weighted by atomic mass is 10.1. The number of carbonyl (C=O) groups excluding carboxylic acids is 2. The molecule has 0 bridgehead atoms. The molecule has 38 heavy (non-hydrogen) atoms. The van der Waals surface area contributed by atoms with Gasteiger partial charge >= 0.3 is 12.4 Å². The maximum Gasteiger partial charge on any atom is 0.437 e. The Hall–Kier alpha value is -4.49. The van der Waals surface area contributed by atoms with Crippen LogP contribution in [0.15, 0.2) is 48.5 Å². The second-order valence-corrected chi connectivity index (χ2v) is 8.19. The van der Waals surface area contributed by atoms with E-state index >= 15 is 0 Å². The number of amides is 2. The molecule has 2 aromatic heterocycles. The molecule has 0 radical (unpaired) electrons. The minimum absolute atomic E-state index is 0.0391. The van der Waals surface area contributed by atoms with E-state index in [0.717, 1.165) is 47.1 Å². The Morgan fingerprint density at radius 3 is 2.21 bits per heavy atom. The monoisotopic (exact) mass is 539 g/mol. The maximum absolute atomic E-state index is 13.8. The summed E-state index contributed by atoms with van der Waals surface area (Å²) >= 11 is 0. The molecule has 0 aliphatic carbocycles. The summed E-state index contributed by atoms with van der Waals surface area (Å²) in [6.45, 7) is 0.906. The van der Waals surface area contributed by atoms with Crippen LogP contribution in [0.5, 0.6) is 0 Å². The number of nitrogens with zero attached hydrogens (tertiary/aromatic N) is 3. The second kappa shape index (κ2) is 9.43. The molecular weight excluding hydrogens is 523 g/mol. The minimum Gasteiger partial charge on any atom is -0.364 e. The van der Waals surface area contributed by atoms with Gasteiger partial charge in [0.25, 0.3) is 11.8 Å². The predicted molar refractivity (Wildman–Crippen MR) is 121 cm³/mol. The van der Waals surface area contributed by atoms with Crippen LogP contribution < -0.4 is 11.1 Å². The third-order valence-corrected chi connectivity index (χ3v) is 5.60. The molecule has 2 amide bonds. The number of halogens is 7. The van der Waals surface area contributed by atoms with E-state index in [4.69, 9.17) is 5.73 Å². The lowest BCUT2D eigenvalue weighted by Gasteiger charge is -2.12. The van der Waals surface area contributed by atoms with Crippen molar-refractivity contribution in [2.24, 2.45) is 5.73 Å². The summed E-state index contributed by atoms with van der Waals surface area (Å²) in [6, 6.07) is 7.83. The van der Waals surface area contributed by atoms with Gasteiger partial charge in [0.05, 0.1) is 34.6 Å². The van der Waals surface area contributed by atoms with Crippen molar-refractivity contribution in [3.8, 4) is 0 Å². The van der Waals surface area contributed by atoms with Crippen LogP contribution in [0.2, 0.25) is 0 Å². The molecule has 0 aliphatic rings. The van der Waals surface area contributed by atoms with Crippen molar-refractivity contribution < 1.29 is 40.3 Å². The molecule has 14 heteroatoms. The van der Waals surface area contributed by atoms with Gasteiger partial charge in [0.15, 0.2) is 5.69 Å². The highest BCUT2D eigenvalue weighted by molar-refractivity contribution is 6.14. The Morgan fingerprint density at radius 2 is 1.63 bits per heavy atom. The van der Waals surface area contributed by atoms with Crippen LogP contribution in [0.25, 0.3) is 10.9 Å². The number of nitrogens with two attached hydrogens (primary N) is 1. The van der Waals surface area contributed by atoms with E-state index in [1.807, 2.05) is 0 Å². The number of rotatable bonds is 5.